The molecule has 0 aromatic heterocycles. The third kappa shape index (κ3) is 3.70. The van der Waals surface area contributed by atoms with Crippen molar-refractivity contribution < 1.29 is 8.42 Å². The summed E-state index contributed by atoms with van der Waals surface area (Å²) in [4.78, 5) is 0.297. The van der Waals surface area contributed by atoms with Crippen LogP contribution in [0.2, 0.25) is 10.0 Å². The topological polar surface area (TPSA) is 46.2 Å². The van der Waals surface area contributed by atoms with Crippen LogP contribution in [0.1, 0.15) is 12.5 Å². The summed E-state index contributed by atoms with van der Waals surface area (Å²) < 4.78 is 24.1. The van der Waals surface area contributed by atoms with Gasteiger partial charge in [-0.15, -0.1) is 0 Å². The van der Waals surface area contributed by atoms with Crippen molar-refractivity contribution in [3.63, 3.8) is 0 Å². The van der Waals surface area contributed by atoms with Gasteiger partial charge < -0.3 is 5.32 Å². The second-order valence-corrected chi connectivity index (χ2v) is 7.50. The second-order valence-electron chi connectivity index (χ2n) is 4.47. The van der Waals surface area contributed by atoms with Gasteiger partial charge in [-0.1, -0.05) is 54.4 Å². The summed E-state index contributed by atoms with van der Waals surface area (Å²) in [7, 11) is -3.27. The third-order valence-corrected chi connectivity index (χ3v) is 5.75. The van der Waals surface area contributed by atoms with Gasteiger partial charge in [-0.25, -0.2) is 8.42 Å². The minimum Gasteiger partial charge on any atom is -0.380 e. The lowest BCUT2D eigenvalue weighted by atomic mass is 10.2. The molecule has 0 amide bonds. The first-order valence-electron chi connectivity index (χ1n) is 6.44. The predicted octanol–water partition coefficient (Wildman–Crippen LogP) is 4.40. The molecule has 0 aliphatic rings. The number of nitrogens with one attached hydrogen (secondary N) is 1. The number of sulfone groups is 1. The van der Waals surface area contributed by atoms with Gasteiger partial charge in [0, 0.05) is 6.54 Å². The molecule has 0 aliphatic heterocycles. The van der Waals surface area contributed by atoms with Crippen molar-refractivity contribution in [1.82, 2.24) is 0 Å². The Labute approximate surface area is 134 Å². The number of para-hydroxylation sites is 1. The van der Waals surface area contributed by atoms with E-state index in [1.165, 1.54) is 0 Å². The molecular weight excluding hydrogens is 329 g/mol. The maximum atomic E-state index is 12.1. The quantitative estimate of drug-likeness (QED) is 0.875. The van der Waals surface area contributed by atoms with Crippen LogP contribution in [0.3, 0.4) is 0 Å². The molecule has 0 aliphatic carbocycles. The lowest BCUT2D eigenvalue weighted by Crippen LogP contribution is -2.09. The first-order chi connectivity index (χ1) is 9.95. The number of benzene rings is 2. The average molecular weight is 344 g/mol. The van der Waals surface area contributed by atoms with Crippen molar-refractivity contribution >= 4 is 38.7 Å². The Kier molecular flexibility index (Phi) is 5.14. The molecular formula is C15H15Cl2NO2S. The highest BCUT2D eigenvalue weighted by molar-refractivity contribution is 7.91. The zero-order valence-electron chi connectivity index (χ0n) is 11.4. The van der Waals surface area contributed by atoms with Crippen molar-refractivity contribution in [2.24, 2.45) is 0 Å². The van der Waals surface area contributed by atoms with Gasteiger partial charge in [0.1, 0.15) is 0 Å². The van der Waals surface area contributed by atoms with E-state index in [1.807, 2.05) is 6.07 Å². The summed E-state index contributed by atoms with van der Waals surface area (Å²) in [5, 5.41) is 4.07. The molecule has 0 saturated heterocycles. The molecule has 112 valence electrons. The molecule has 0 fully saturated rings. The van der Waals surface area contributed by atoms with Crippen LogP contribution in [0, 0.1) is 0 Å². The first-order valence-corrected chi connectivity index (χ1v) is 8.85. The molecule has 21 heavy (non-hydrogen) atoms. The molecule has 3 nitrogen and oxygen atoms in total. The normalized spacial score (nSPS) is 11.4. The van der Waals surface area contributed by atoms with E-state index in [2.05, 4.69) is 5.32 Å². The van der Waals surface area contributed by atoms with Gasteiger partial charge in [-0.3, -0.25) is 0 Å². The highest BCUT2D eigenvalue weighted by atomic mass is 35.5. The summed E-state index contributed by atoms with van der Waals surface area (Å²) in [5.41, 5.74) is 1.38. The number of anilines is 1. The minimum atomic E-state index is -3.27. The number of halogens is 2. The molecule has 2 aromatic carbocycles. The lowest BCUT2D eigenvalue weighted by Gasteiger charge is -2.13. The van der Waals surface area contributed by atoms with Crippen LogP contribution in [0.5, 0.6) is 0 Å². The minimum absolute atomic E-state index is 0.0591. The van der Waals surface area contributed by atoms with Crippen LogP contribution < -0.4 is 5.32 Å². The Hall–Kier alpha value is -1.23. The SMILES string of the molecule is CCS(=O)(=O)c1ccccc1NCc1cccc(Cl)c1Cl. The Bertz CT molecular complexity index is 745. The van der Waals surface area contributed by atoms with E-state index in [4.69, 9.17) is 23.2 Å². The van der Waals surface area contributed by atoms with Crippen LogP contribution in [-0.2, 0) is 16.4 Å². The molecule has 0 heterocycles. The van der Waals surface area contributed by atoms with E-state index in [0.717, 1.165) is 5.56 Å². The Morgan fingerprint density at radius 2 is 1.76 bits per heavy atom. The lowest BCUT2D eigenvalue weighted by molar-refractivity contribution is 0.597. The van der Waals surface area contributed by atoms with Crippen molar-refractivity contribution in [3.05, 3.63) is 58.1 Å². The standard InChI is InChI=1S/C15H15Cl2NO2S/c1-2-21(19,20)14-9-4-3-8-13(14)18-10-11-6-5-7-12(16)15(11)17/h3-9,18H,2,10H2,1H3. The van der Waals surface area contributed by atoms with E-state index >= 15 is 0 Å². The molecule has 0 saturated carbocycles. The number of hydrogen-bond donors (Lipinski definition) is 1. The maximum Gasteiger partial charge on any atom is 0.180 e. The van der Waals surface area contributed by atoms with E-state index in [9.17, 15) is 8.42 Å². The molecule has 6 heteroatoms. The fourth-order valence-electron chi connectivity index (χ4n) is 1.91. The largest absolute Gasteiger partial charge is 0.380 e. The molecule has 0 atom stereocenters. The van der Waals surface area contributed by atoms with Crippen LogP contribution >= 0.6 is 23.2 Å². The zero-order chi connectivity index (χ0) is 15.5. The summed E-state index contributed by atoms with van der Waals surface area (Å²) in [6.07, 6.45) is 0. The maximum absolute atomic E-state index is 12.1. The van der Waals surface area contributed by atoms with Crippen LogP contribution in [0.4, 0.5) is 5.69 Å². The van der Waals surface area contributed by atoms with Crippen molar-refractivity contribution in [2.45, 2.75) is 18.4 Å². The van der Waals surface area contributed by atoms with Gasteiger partial charge in [0.15, 0.2) is 9.84 Å². The van der Waals surface area contributed by atoms with E-state index < -0.39 is 9.84 Å². The van der Waals surface area contributed by atoms with E-state index in [0.29, 0.717) is 27.2 Å². The molecule has 0 unspecified atom stereocenters. The monoisotopic (exact) mass is 343 g/mol. The van der Waals surface area contributed by atoms with Gasteiger partial charge in [-0.05, 0) is 23.8 Å². The number of rotatable bonds is 5. The van der Waals surface area contributed by atoms with Crippen molar-refractivity contribution in [2.75, 3.05) is 11.1 Å². The molecule has 2 rings (SSSR count). The average Bonchev–Trinajstić information content (AvgIpc) is 2.49. The number of hydrogen-bond acceptors (Lipinski definition) is 3. The fourth-order valence-corrected chi connectivity index (χ4v) is 3.37. The summed E-state index contributed by atoms with van der Waals surface area (Å²) in [5.74, 6) is 0.0591. The van der Waals surface area contributed by atoms with Crippen LogP contribution in [0.15, 0.2) is 47.4 Å². The van der Waals surface area contributed by atoms with Crippen LogP contribution in [-0.4, -0.2) is 14.2 Å². The van der Waals surface area contributed by atoms with Crippen molar-refractivity contribution in [1.29, 1.82) is 0 Å². The smallest absolute Gasteiger partial charge is 0.180 e. The van der Waals surface area contributed by atoms with Gasteiger partial charge in [0.05, 0.1) is 26.4 Å². The molecule has 0 spiro atoms. The molecule has 0 bridgehead atoms. The molecule has 1 N–H and O–H groups in total. The summed E-state index contributed by atoms with van der Waals surface area (Å²) in [6, 6.07) is 12.2. The van der Waals surface area contributed by atoms with Gasteiger partial charge in [0.25, 0.3) is 0 Å². The molecule has 0 radical (unpaired) electrons. The van der Waals surface area contributed by atoms with E-state index in [-0.39, 0.29) is 5.75 Å². The Morgan fingerprint density at radius 3 is 2.48 bits per heavy atom. The third-order valence-electron chi connectivity index (χ3n) is 3.10. The van der Waals surface area contributed by atoms with Gasteiger partial charge >= 0.3 is 0 Å². The second kappa shape index (κ2) is 6.69. The highest BCUT2D eigenvalue weighted by Gasteiger charge is 2.16. The Morgan fingerprint density at radius 1 is 1.05 bits per heavy atom. The Balaban J connectivity index is 2.27. The van der Waals surface area contributed by atoms with E-state index in [1.54, 1.807) is 43.3 Å². The van der Waals surface area contributed by atoms with Crippen LogP contribution in [0.25, 0.3) is 0 Å². The van der Waals surface area contributed by atoms with Crippen molar-refractivity contribution in [3.8, 4) is 0 Å². The van der Waals surface area contributed by atoms with Gasteiger partial charge in [0.2, 0.25) is 0 Å². The zero-order valence-corrected chi connectivity index (χ0v) is 13.8. The highest BCUT2D eigenvalue weighted by Crippen LogP contribution is 2.27. The first kappa shape index (κ1) is 16.1. The molecule has 2 aromatic rings. The fraction of sp³-hybridized carbons (Fsp3) is 0.200. The summed E-state index contributed by atoms with van der Waals surface area (Å²) >= 11 is 12.1. The van der Waals surface area contributed by atoms with Gasteiger partial charge in [-0.2, -0.15) is 0 Å². The summed E-state index contributed by atoms with van der Waals surface area (Å²) in [6.45, 7) is 2.02. The predicted molar refractivity (Wildman–Crippen MR) is 88.0 cm³/mol.